The molecular formula is C22H24N8O6S. The van der Waals surface area contributed by atoms with E-state index in [1.165, 1.54) is 13.2 Å². The number of primary amides is 1. The normalized spacial score (nSPS) is 15.3. The zero-order valence-corrected chi connectivity index (χ0v) is 20.5. The molecule has 2 saturated carbocycles. The van der Waals surface area contributed by atoms with E-state index >= 15 is 0 Å². The summed E-state index contributed by atoms with van der Waals surface area (Å²) < 4.78 is 37.4. The summed E-state index contributed by atoms with van der Waals surface area (Å²) in [6.07, 6.45) is 2.91. The summed E-state index contributed by atoms with van der Waals surface area (Å²) in [6.45, 7) is -0.133. The maximum atomic E-state index is 12.1. The molecule has 37 heavy (non-hydrogen) atoms. The smallest absolute Gasteiger partial charge is 0.271 e. The molecule has 1 aromatic carbocycles. The second kappa shape index (κ2) is 9.74. The predicted octanol–water partition coefficient (Wildman–Crippen LogP) is 1.31. The number of anilines is 3. The standard InChI is InChI=1S/C22H24N8O6S/c1-35-19-13(21-27-17(36-30-21)10-24-37(33,34)12-7-8-12)3-2-4-14(19)25-15-9-16(26-22(32)11-5-6-11)28-29-18(15)20(23)31/h2-4,9,11-12,24H,5-8,10H2,1H3,(H2,23,31)(H2,25,26,28,32). The molecule has 0 radical (unpaired) electrons. The van der Waals surface area contributed by atoms with E-state index in [-0.39, 0.29) is 52.5 Å². The molecule has 3 aromatic rings. The van der Waals surface area contributed by atoms with Gasteiger partial charge < -0.3 is 25.6 Å². The van der Waals surface area contributed by atoms with Crippen LogP contribution < -0.4 is 25.8 Å². The molecule has 2 heterocycles. The first kappa shape index (κ1) is 24.6. The van der Waals surface area contributed by atoms with Crippen molar-refractivity contribution in [2.45, 2.75) is 37.5 Å². The van der Waals surface area contributed by atoms with Crippen LogP contribution in [-0.2, 0) is 21.4 Å². The van der Waals surface area contributed by atoms with Crippen molar-refractivity contribution in [3.8, 4) is 17.1 Å². The third kappa shape index (κ3) is 5.51. The van der Waals surface area contributed by atoms with Gasteiger partial charge in [0.05, 0.1) is 35.8 Å². The summed E-state index contributed by atoms with van der Waals surface area (Å²) in [5, 5.41) is 17.1. The molecule has 2 aliphatic rings. The molecule has 2 amide bonds. The van der Waals surface area contributed by atoms with Crippen LogP contribution in [-0.4, -0.2) is 52.9 Å². The lowest BCUT2D eigenvalue weighted by Crippen LogP contribution is -2.26. The lowest BCUT2D eigenvalue weighted by Gasteiger charge is -2.15. The lowest BCUT2D eigenvalue weighted by atomic mass is 10.1. The highest BCUT2D eigenvalue weighted by Gasteiger charge is 2.35. The number of nitrogens with zero attached hydrogens (tertiary/aromatic N) is 4. The predicted molar refractivity (Wildman–Crippen MR) is 130 cm³/mol. The van der Waals surface area contributed by atoms with Crippen LogP contribution >= 0.6 is 0 Å². The SMILES string of the molecule is COc1c(Nc2cc(NC(=O)C3CC3)nnc2C(N)=O)cccc1-c1noc(CNS(=O)(=O)C2CC2)n1. The average Bonchev–Trinajstić information content (AvgIpc) is 3.79. The molecule has 0 saturated heterocycles. The number of aromatic nitrogens is 4. The van der Waals surface area contributed by atoms with Crippen molar-refractivity contribution in [1.29, 1.82) is 0 Å². The number of methoxy groups -OCH3 is 1. The average molecular weight is 529 g/mol. The fraction of sp³-hybridized carbons (Fsp3) is 0.364. The van der Waals surface area contributed by atoms with Crippen molar-refractivity contribution in [1.82, 2.24) is 25.1 Å². The molecule has 2 aromatic heterocycles. The third-order valence-corrected chi connectivity index (χ3v) is 7.71. The van der Waals surface area contributed by atoms with Gasteiger partial charge in [-0.05, 0) is 37.8 Å². The molecule has 0 aliphatic heterocycles. The minimum atomic E-state index is -3.41. The molecule has 0 spiro atoms. The molecule has 2 fully saturated rings. The molecule has 194 valence electrons. The number of carbonyl (C=O) groups is 2. The zero-order chi connectivity index (χ0) is 26.2. The van der Waals surface area contributed by atoms with Crippen molar-refractivity contribution in [2.75, 3.05) is 17.7 Å². The summed E-state index contributed by atoms with van der Waals surface area (Å²) in [6, 6.07) is 6.52. The molecule has 5 rings (SSSR count). The number of hydrogen-bond acceptors (Lipinski definition) is 11. The number of sulfonamides is 1. The lowest BCUT2D eigenvalue weighted by molar-refractivity contribution is -0.117. The topological polar surface area (TPSA) is 204 Å². The van der Waals surface area contributed by atoms with E-state index in [0.29, 0.717) is 29.8 Å². The van der Waals surface area contributed by atoms with Gasteiger partial charge in [0.25, 0.3) is 5.91 Å². The number of carbonyl (C=O) groups excluding carboxylic acids is 2. The van der Waals surface area contributed by atoms with Crippen LogP contribution in [0.5, 0.6) is 5.75 Å². The van der Waals surface area contributed by atoms with E-state index in [9.17, 15) is 18.0 Å². The van der Waals surface area contributed by atoms with Gasteiger partial charge in [0.2, 0.25) is 27.6 Å². The zero-order valence-electron chi connectivity index (χ0n) is 19.7. The van der Waals surface area contributed by atoms with Gasteiger partial charge in [0.1, 0.15) is 0 Å². The summed E-state index contributed by atoms with van der Waals surface area (Å²) >= 11 is 0. The van der Waals surface area contributed by atoms with Gasteiger partial charge in [-0.1, -0.05) is 11.2 Å². The van der Waals surface area contributed by atoms with E-state index in [1.807, 2.05) is 0 Å². The molecule has 14 nitrogen and oxygen atoms in total. The quantitative estimate of drug-likeness (QED) is 0.279. The third-order valence-electron chi connectivity index (χ3n) is 5.81. The molecule has 5 N–H and O–H groups in total. The number of nitrogens with one attached hydrogen (secondary N) is 3. The maximum Gasteiger partial charge on any atom is 0.271 e. The van der Waals surface area contributed by atoms with Crippen molar-refractivity contribution in [3.63, 3.8) is 0 Å². The molecule has 0 unspecified atom stereocenters. The van der Waals surface area contributed by atoms with E-state index in [2.05, 4.69) is 35.7 Å². The Hall–Kier alpha value is -4.11. The summed E-state index contributed by atoms with van der Waals surface area (Å²) in [5.41, 5.74) is 6.39. The minimum Gasteiger partial charge on any atom is -0.494 e. The Kier molecular flexibility index (Phi) is 6.47. The minimum absolute atomic E-state index is 0.0466. The van der Waals surface area contributed by atoms with Gasteiger partial charge in [-0.2, -0.15) is 4.98 Å². The molecule has 2 aliphatic carbocycles. The van der Waals surface area contributed by atoms with Gasteiger partial charge in [-0.3, -0.25) is 9.59 Å². The van der Waals surface area contributed by atoms with E-state index in [4.69, 9.17) is 15.0 Å². The Bertz CT molecular complexity index is 1470. The fourth-order valence-corrected chi connectivity index (χ4v) is 4.89. The van der Waals surface area contributed by atoms with Crippen LogP contribution in [0.3, 0.4) is 0 Å². The van der Waals surface area contributed by atoms with Gasteiger partial charge >= 0.3 is 0 Å². The number of para-hydroxylation sites is 1. The highest BCUT2D eigenvalue weighted by Crippen LogP contribution is 2.37. The summed E-state index contributed by atoms with van der Waals surface area (Å²) in [5.74, 6) is -0.304. The monoisotopic (exact) mass is 528 g/mol. The Labute approximate surface area is 211 Å². The number of rotatable bonds is 11. The number of ether oxygens (including phenoxy) is 1. The second-order valence-electron chi connectivity index (χ2n) is 8.71. The van der Waals surface area contributed by atoms with Crippen LogP contribution in [0, 0.1) is 5.92 Å². The number of amides is 2. The Morgan fingerprint density at radius 3 is 2.62 bits per heavy atom. The second-order valence-corrected chi connectivity index (χ2v) is 10.8. The Morgan fingerprint density at radius 2 is 1.95 bits per heavy atom. The highest BCUT2D eigenvalue weighted by molar-refractivity contribution is 7.90. The van der Waals surface area contributed by atoms with Crippen molar-refractivity contribution in [2.24, 2.45) is 11.7 Å². The van der Waals surface area contributed by atoms with Crippen LogP contribution in [0.25, 0.3) is 11.4 Å². The van der Waals surface area contributed by atoms with Crippen molar-refractivity contribution in [3.05, 3.63) is 35.9 Å². The van der Waals surface area contributed by atoms with Crippen LogP contribution in [0.4, 0.5) is 17.2 Å². The molecule has 0 atom stereocenters. The van der Waals surface area contributed by atoms with Gasteiger partial charge in [0, 0.05) is 12.0 Å². The fourth-order valence-electron chi connectivity index (χ4n) is 3.57. The first-order valence-electron chi connectivity index (χ1n) is 11.5. The van der Waals surface area contributed by atoms with Gasteiger partial charge in [-0.25, -0.2) is 13.1 Å². The van der Waals surface area contributed by atoms with Crippen molar-refractivity contribution >= 4 is 39.0 Å². The van der Waals surface area contributed by atoms with Gasteiger partial charge in [0.15, 0.2) is 17.3 Å². The van der Waals surface area contributed by atoms with Crippen LogP contribution in [0.1, 0.15) is 42.1 Å². The summed E-state index contributed by atoms with van der Waals surface area (Å²) in [7, 11) is -1.97. The molecule has 0 bridgehead atoms. The Balaban J connectivity index is 1.40. The van der Waals surface area contributed by atoms with E-state index < -0.39 is 15.9 Å². The largest absolute Gasteiger partial charge is 0.494 e. The number of benzene rings is 1. The molecular weight excluding hydrogens is 504 g/mol. The summed E-state index contributed by atoms with van der Waals surface area (Å²) in [4.78, 5) is 28.4. The number of nitrogens with two attached hydrogens (primary N) is 1. The first-order valence-corrected chi connectivity index (χ1v) is 13.0. The number of hydrogen-bond donors (Lipinski definition) is 4. The van der Waals surface area contributed by atoms with Crippen LogP contribution in [0.2, 0.25) is 0 Å². The first-order chi connectivity index (χ1) is 17.7. The Morgan fingerprint density at radius 1 is 1.16 bits per heavy atom. The van der Waals surface area contributed by atoms with Gasteiger partial charge in [-0.15, -0.1) is 10.2 Å². The maximum absolute atomic E-state index is 12.1. The van der Waals surface area contributed by atoms with E-state index in [1.54, 1.807) is 18.2 Å². The van der Waals surface area contributed by atoms with Crippen molar-refractivity contribution < 1.29 is 27.3 Å². The van der Waals surface area contributed by atoms with E-state index in [0.717, 1.165) is 12.8 Å². The van der Waals surface area contributed by atoms with Crippen LogP contribution in [0.15, 0.2) is 28.8 Å². The highest BCUT2D eigenvalue weighted by atomic mass is 32.2. The molecule has 15 heteroatoms.